The van der Waals surface area contributed by atoms with Crippen molar-refractivity contribution in [1.82, 2.24) is 4.90 Å². The van der Waals surface area contributed by atoms with Crippen LogP contribution in [0, 0.1) is 0 Å². The molecule has 0 amide bonds. The lowest BCUT2D eigenvalue weighted by atomic mass is 10.3. The van der Waals surface area contributed by atoms with E-state index in [9.17, 15) is 4.79 Å². The van der Waals surface area contributed by atoms with Crippen LogP contribution in [0.3, 0.4) is 0 Å². The largest absolute Gasteiger partial charge is 0.465 e. The van der Waals surface area contributed by atoms with E-state index in [-0.39, 0.29) is 12.0 Å². The third-order valence-electron chi connectivity index (χ3n) is 2.55. The minimum Gasteiger partial charge on any atom is -0.465 e. The summed E-state index contributed by atoms with van der Waals surface area (Å²) in [5.41, 5.74) is 0. The summed E-state index contributed by atoms with van der Waals surface area (Å²) in [7, 11) is 0. The third kappa shape index (κ3) is 2.44. The van der Waals surface area contributed by atoms with Crippen LogP contribution in [0.15, 0.2) is 0 Å². The van der Waals surface area contributed by atoms with E-state index in [1.807, 2.05) is 6.92 Å². The van der Waals surface area contributed by atoms with Gasteiger partial charge < -0.3 is 4.74 Å². The van der Waals surface area contributed by atoms with Gasteiger partial charge in [0.25, 0.3) is 0 Å². The van der Waals surface area contributed by atoms with Crippen molar-refractivity contribution in [3.8, 4) is 0 Å². The van der Waals surface area contributed by atoms with E-state index in [2.05, 4.69) is 18.7 Å². The van der Waals surface area contributed by atoms with Gasteiger partial charge in [0, 0.05) is 6.04 Å². The highest BCUT2D eigenvalue weighted by Gasteiger charge is 2.49. The van der Waals surface area contributed by atoms with Gasteiger partial charge in [-0.1, -0.05) is 13.3 Å². The van der Waals surface area contributed by atoms with Crippen LogP contribution in [-0.2, 0) is 9.53 Å². The summed E-state index contributed by atoms with van der Waals surface area (Å²) in [5, 5.41) is 0. The Morgan fingerprint density at radius 3 is 2.69 bits per heavy atom. The lowest BCUT2D eigenvalue weighted by Gasteiger charge is -2.01. The topological polar surface area (TPSA) is 29.3 Å². The molecule has 3 nitrogen and oxygen atoms in total. The highest BCUT2D eigenvalue weighted by molar-refractivity contribution is 5.80. The number of esters is 1. The van der Waals surface area contributed by atoms with E-state index in [1.54, 1.807) is 0 Å². The molecule has 1 heterocycles. The predicted molar refractivity (Wildman–Crippen MR) is 51.5 cm³/mol. The van der Waals surface area contributed by atoms with Crippen molar-refractivity contribution >= 4 is 5.97 Å². The molecular formula is C10H19NO2. The lowest BCUT2D eigenvalue weighted by Crippen LogP contribution is -2.16. The Morgan fingerprint density at radius 2 is 2.15 bits per heavy atom. The smallest absolute Gasteiger partial charge is 0.324 e. The summed E-state index contributed by atoms with van der Waals surface area (Å²) in [6, 6.07) is 0.442. The highest BCUT2D eigenvalue weighted by atomic mass is 16.5. The van der Waals surface area contributed by atoms with Gasteiger partial charge in [-0.2, -0.15) is 0 Å². The molecule has 0 saturated carbocycles. The SMILES string of the molecule is CCCCN1[C@H](C)[C@@H]1C(=O)OCC. The second kappa shape index (κ2) is 4.61. The zero-order chi connectivity index (χ0) is 9.84. The normalized spacial score (nSPS) is 31.5. The number of ether oxygens (including phenoxy) is 1. The van der Waals surface area contributed by atoms with Crippen molar-refractivity contribution < 1.29 is 9.53 Å². The molecule has 1 fully saturated rings. The van der Waals surface area contributed by atoms with Crippen molar-refractivity contribution in [2.75, 3.05) is 13.2 Å². The Kier molecular flexibility index (Phi) is 3.72. The van der Waals surface area contributed by atoms with Gasteiger partial charge >= 0.3 is 5.97 Å². The molecule has 0 bridgehead atoms. The summed E-state index contributed by atoms with van der Waals surface area (Å²) >= 11 is 0. The van der Waals surface area contributed by atoms with E-state index in [4.69, 9.17) is 4.74 Å². The van der Waals surface area contributed by atoms with Crippen LogP contribution in [0.5, 0.6) is 0 Å². The van der Waals surface area contributed by atoms with Crippen LogP contribution in [0.2, 0.25) is 0 Å². The molecule has 3 atom stereocenters. The number of rotatable bonds is 5. The summed E-state index contributed by atoms with van der Waals surface area (Å²) in [6.45, 7) is 7.61. The second-order valence-electron chi connectivity index (χ2n) is 3.53. The van der Waals surface area contributed by atoms with Gasteiger partial charge in [-0.3, -0.25) is 9.69 Å². The number of unbranched alkanes of at least 4 members (excludes halogenated alkanes) is 1. The fraction of sp³-hybridized carbons (Fsp3) is 0.900. The van der Waals surface area contributed by atoms with Gasteiger partial charge in [0.1, 0.15) is 6.04 Å². The monoisotopic (exact) mass is 185 g/mol. The minimum absolute atomic E-state index is 0.0477. The zero-order valence-corrected chi connectivity index (χ0v) is 8.75. The first kappa shape index (κ1) is 10.5. The van der Waals surface area contributed by atoms with Gasteiger partial charge in [0.2, 0.25) is 0 Å². The fourth-order valence-electron chi connectivity index (χ4n) is 1.65. The van der Waals surface area contributed by atoms with E-state index >= 15 is 0 Å². The van der Waals surface area contributed by atoms with E-state index in [0.717, 1.165) is 6.54 Å². The van der Waals surface area contributed by atoms with Crippen LogP contribution in [0.1, 0.15) is 33.6 Å². The van der Waals surface area contributed by atoms with Crippen LogP contribution in [0.25, 0.3) is 0 Å². The molecule has 0 radical (unpaired) electrons. The molecule has 0 aromatic carbocycles. The first-order valence-electron chi connectivity index (χ1n) is 5.14. The quantitative estimate of drug-likeness (QED) is 0.479. The molecule has 76 valence electrons. The van der Waals surface area contributed by atoms with Crippen molar-refractivity contribution in [2.45, 2.75) is 45.7 Å². The molecule has 1 aliphatic heterocycles. The number of hydrogen-bond donors (Lipinski definition) is 0. The molecule has 1 unspecified atom stereocenters. The lowest BCUT2D eigenvalue weighted by molar-refractivity contribution is -0.143. The molecule has 3 heteroatoms. The molecule has 1 rings (SSSR count). The Balaban J connectivity index is 2.26. The molecule has 0 aliphatic carbocycles. The highest BCUT2D eigenvalue weighted by Crippen LogP contribution is 2.28. The molecule has 1 saturated heterocycles. The Bertz CT molecular complexity index is 182. The van der Waals surface area contributed by atoms with Crippen LogP contribution in [0.4, 0.5) is 0 Å². The van der Waals surface area contributed by atoms with Gasteiger partial charge in [0.15, 0.2) is 0 Å². The van der Waals surface area contributed by atoms with Crippen LogP contribution >= 0.6 is 0 Å². The standard InChI is InChI=1S/C10H19NO2/c1-4-6-7-11-8(3)9(11)10(12)13-5-2/h8-9H,4-7H2,1-3H3/t8-,9-,11?/m1/s1. The van der Waals surface area contributed by atoms with Crippen molar-refractivity contribution in [3.63, 3.8) is 0 Å². The first-order chi connectivity index (χ1) is 6.22. The van der Waals surface area contributed by atoms with Gasteiger partial charge in [-0.05, 0) is 26.8 Å². The third-order valence-corrected chi connectivity index (χ3v) is 2.55. The molecule has 0 aromatic rings. The second-order valence-corrected chi connectivity index (χ2v) is 3.53. The van der Waals surface area contributed by atoms with Crippen molar-refractivity contribution in [2.24, 2.45) is 0 Å². The maximum atomic E-state index is 11.3. The molecule has 0 N–H and O–H groups in total. The van der Waals surface area contributed by atoms with Crippen molar-refractivity contribution in [1.29, 1.82) is 0 Å². The average Bonchev–Trinajstić information content (AvgIpc) is 2.73. The van der Waals surface area contributed by atoms with Gasteiger partial charge in [0.05, 0.1) is 6.61 Å². The Labute approximate surface area is 80.1 Å². The maximum Gasteiger partial charge on any atom is 0.324 e. The summed E-state index contributed by atoms with van der Waals surface area (Å²) in [4.78, 5) is 13.5. The summed E-state index contributed by atoms with van der Waals surface area (Å²) in [6.07, 6.45) is 2.35. The maximum absolute atomic E-state index is 11.3. The van der Waals surface area contributed by atoms with Crippen LogP contribution in [-0.4, -0.2) is 36.1 Å². The van der Waals surface area contributed by atoms with E-state index in [1.165, 1.54) is 12.8 Å². The first-order valence-corrected chi connectivity index (χ1v) is 5.14. The molecule has 0 spiro atoms. The molecule has 0 aromatic heterocycles. The van der Waals surface area contributed by atoms with Gasteiger partial charge in [-0.25, -0.2) is 0 Å². The number of hydrogen-bond acceptors (Lipinski definition) is 3. The molecule has 1 aliphatic rings. The Morgan fingerprint density at radius 1 is 1.46 bits per heavy atom. The van der Waals surface area contributed by atoms with E-state index < -0.39 is 0 Å². The number of carbonyl (C=O) groups is 1. The molecule has 13 heavy (non-hydrogen) atoms. The van der Waals surface area contributed by atoms with E-state index in [0.29, 0.717) is 12.6 Å². The minimum atomic E-state index is -0.0499. The Hall–Kier alpha value is -0.570. The van der Waals surface area contributed by atoms with Gasteiger partial charge in [-0.15, -0.1) is 0 Å². The predicted octanol–water partition coefficient (Wildman–Crippen LogP) is 1.42. The number of carbonyl (C=O) groups excluding carboxylic acids is 1. The van der Waals surface area contributed by atoms with Crippen molar-refractivity contribution in [3.05, 3.63) is 0 Å². The fourth-order valence-corrected chi connectivity index (χ4v) is 1.65. The molecular weight excluding hydrogens is 166 g/mol. The average molecular weight is 185 g/mol. The van der Waals surface area contributed by atoms with Crippen LogP contribution < -0.4 is 0 Å². The summed E-state index contributed by atoms with van der Waals surface area (Å²) < 4.78 is 4.97. The zero-order valence-electron chi connectivity index (χ0n) is 8.75. The summed E-state index contributed by atoms with van der Waals surface area (Å²) in [5.74, 6) is -0.0499. The number of nitrogens with zero attached hydrogens (tertiary/aromatic N) is 1.